The van der Waals surface area contributed by atoms with Crippen molar-refractivity contribution < 1.29 is 19.4 Å². The van der Waals surface area contributed by atoms with Gasteiger partial charge in [0.25, 0.3) is 0 Å². The molecule has 1 saturated carbocycles. The molecule has 5 heteroatoms. The normalized spacial score (nSPS) is 32.0. The van der Waals surface area contributed by atoms with Gasteiger partial charge in [0, 0.05) is 18.2 Å². The second-order valence-corrected chi connectivity index (χ2v) is 8.95. The molecular weight excluding hydrogens is 330 g/mol. The van der Waals surface area contributed by atoms with Gasteiger partial charge in [-0.25, -0.2) is 4.79 Å². The minimum absolute atomic E-state index is 0.0275. The Bertz CT molecular complexity index is 635. The topological polar surface area (TPSA) is 66.8 Å². The summed E-state index contributed by atoms with van der Waals surface area (Å²) in [5.41, 5.74) is 1.59. The van der Waals surface area contributed by atoms with E-state index in [0.717, 1.165) is 31.3 Å². The summed E-state index contributed by atoms with van der Waals surface area (Å²) in [5, 5.41) is 9.65. The fourth-order valence-electron chi connectivity index (χ4n) is 4.90. The van der Waals surface area contributed by atoms with Gasteiger partial charge in [0.1, 0.15) is 0 Å². The first-order valence-electron chi connectivity index (χ1n) is 9.70. The molecule has 0 radical (unpaired) electrons. The Morgan fingerprint density at radius 1 is 1.27 bits per heavy atom. The lowest BCUT2D eigenvalue weighted by atomic mass is 9.70. The van der Waals surface area contributed by atoms with E-state index in [1.807, 2.05) is 6.08 Å². The van der Waals surface area contributed by atoms with Crippen LogP contribution in [0.5, 0.6) is 0 Å². The number of amides is 1. The molecule has 2 aliphatic carbocycles. The summed E-state index contributed by atoms with van der Waals surface area (Å²) in [6.07, 6.45) is 8.35. The Balaban J connectivity index is 1.84. The van der Waals surface area contributed by atoms with Crippen LogP contribution in [0.1, 0.15) is 52.9 Å². The average Bonchev–Trinajstić information content (AvgIpc) is 3.05. The molecule has 0 unspecified atom stereocenters. The van der Waals surface area contributed by atoms with Crippen LogP contribution in [-0.4, -0.2) is 41.6 Å². The Morgan fingerprint density at radius 2 is 1.92 bits per heavy atom. The van der Waals surface area contributed by atoms with Crippen molar-refractivity contribution in [3.05, 3.63) is 23.4 Å². The van der Waals surface area contributed by atoms with E-state index in [1.165, 1.54) is 7.11 Å². The zero-order valence-corrected chi connectivity index (χ0v) is 16.3. The first-order chi connectivity index (χ1) is 12.3. The van der Waals surface area contributed by atoms with E-state index in [-0.39, 0.29) is 35.9 Å². The van der Waals surface area contributed by atoms with Gasteiger partial charge >= 0.3 is 5.97 Å². The number of esters is 1. The van der Waals surface area contributed by atoms with Gasteiger partial charge in [-0.2, -0.15) is 0 Å². The first kappa shape index (κ1) is 19.2. The number of allylic oxidation sites excluding steroid dienone is 1. The predicted octanol–water partition coefficient (Wildman–Crippen LogP) is 3.05. The highest BCUT2D eigenvalue weighted by atomic mass is 16.5. The average molecular weight is 361 g/mol. The summed E-state index contributed by atoms with van der Waals surface area (Å²) >= 11 is 0. The highest BCUT2D eigenvalue weighted by Crippen LogP contribution is 2.45. The van der Waals surface area contributed by atoms with Gasteiger partial charge in [-0.05, 0) is 49.0 Å². The van der Waals surface area contributed by atoms with Gasteiger partial charge < -0.3 is 14.7 Å². The molecule has 0 aromatic heterocycles. The minimum atomic E-state index is -0.417. The Hall–Kier alpha value is -1.62. The molecule has 3 aliphatic rings. The molecule has 0 bridgehead atoms. The highest BCUT2D eigenvalue weighted by molar-refractivity contribution is 5.95. The van der Waals surface area contributed by atoms with Gasteiger partial charge in [-0.15, -0.1) is 0 Å². The van der Waals surface area contributed by atoms with Crippen molar-refractivity contribution in [3.8, 4) is 0 Å². The predicted molar refractivity (Wildman–Crippen MR) is 98.9 cm³/mol. The van der Waals surface area contributed by atoms with Crippen LogP contribution in [0.4, 0.5) is 0 Å². The number of aliphatic hydroxyl groups excluding tert-OH is 1. The Morgan fingerprint density at radius 3 is 2.46 bits per heavy atom. The summed E-state index contributed by atoms with van der Waals surface area (Å²) in [4.78, 5) is 27.3. The minimum Gasteiger partial charge on any atom is -0.466 e. The Labute approximate surface area is 156 Å². The number of ether oxygens (including phenoxy) is 1. The standard InChI is InChI=1S/C21H31NO4/c1-21(2,3)14-6-8-15(9-7-14)22-11-17(20(25)26-4)16-10-5-13(12-23)18(16)19(22)24/h5,11,14-16,18,23H,6-10,12H2,1-4H3/t14?,15?,16-,18-/m1/s1. The van der Waals surface area contributed by atoms with E-state index in [2.05, 4.69) is 20.8 Å². The van der Waals surface area contributed by atoms with E-state index in [9.17, 15) is 14.7 Å². The number of rotatable bonds is 3. The van der Waals surface area contributed by atoms with E-state index < -0.39 is 5.92 Å². The fraction of sp³-hybridized carbons (Fsp3) is 0.714. The second-order valence-electron chi connectivity index (χ2n) is 8.95. The van der Waals surface area contributed by atoms with E-state index in [1.54, 1.807) is 11.1 Å². The fourth-order valence-corrected chi connectivity index (χ4v) is 4.90. The van der Waals surface area contributed by atoms with Crippen molar-refractivity contribution in [2.75, 3.05) is 13.7 Å². The summed E-state index contributed by atoms with van der Waals surface area (Å²) in [5.74, 6) is -0.290. The van der Waals surface area contributed by atoms with Gasteiger partial charge in [0.05, 0.1) is 25.2 Å². The molecule has 0 aromatic carbocycles. The summed E-state index contributed by atoms with van der Waals surface area (Å²) < 4.78 is 4.97. The third-order valence-electron chi connectivity index (χ3n) is 6.55. The summed E-state index contributed by atoms with van der Waals surface area (Å²) in [7, 11) is 1.38. The molecule has 2 atom stereocenters. The van der Waals surface area contributed by atoms with Crippen molar-refractivity contribution in [2.24, 2.45) is 23.2 Å². The summed E-state index contributed by atoms with van der Waals surface area (Å²) in [6, 6.07) is 0.127. The maximum absolute atomic E-state index is 13.2. The van der Waals surface area contributed by atoms with Crippen LogP contribution >= 0.6 is 0 Å². The second kappa shape index (κ2) is 7.18. The number of carbonyl (C=O) groups excluding carboxylic acids is 2. The molecule has 1 fully saturated rings. The maximum Gasteiger partial charge on any atom is 0.335 e. The molecule has 0 spiro atoms. The number of methoxy groups -OCH3 is 1. The quantitative estimate of drug-likeness (QED) is 0.620. The molecule has 0 saturated heterocycles. The van der Waals surface area contributed by atoms with Crippen LogP contribution in [0, 0.1) is 23.2 Å². The smallest absolute Gasteiger partial charge is 0.335 e. The molecule has 1 N–H and O–H groups in total. The van der Waals surface area contributed by atoms with Crippen molar-refractivity contribution in [2.45, 2.75) is 58.9 Å². The zero-order chi connectivity index (χ0) is 19.1. The molecule has 0 aromatic rings. The highest BCUT2D eigenvalue weighted by Gasteiger charge is 2.46. The number of aliphatic hydroxyl groups is 1. The van der Waals surface area contributed by atoms with Crippen LogP contribution in [0.25, 0.3) is 0 Å². The number of carbonyl (C=O) groups is 2. The lowest BCUT2D eigenvalue weighted by Crippen LogP contribution is -2.48. The zero-order valence-electron chi connectivity index (χ0n) is 16.3. The van der Waals surface area contributed by atoms with Crippen molar-refractivity contribution in [1.29, 1.82) is 0 Å². The van der Waals surface area contributed by atoms with E-state index in [4.69, 9.17) is 4.74 Å². The first-order valence-corrected chi connectivity index (χ1v) is 9.70. The van der Waals surface area contributed by atoms with Gasteiger partial charge in [-0.1, -0.05) is 26.8 Å². The molecule has 26 heavy (non-hydrogen) atoms. The van der Waals surface area contributed by atoms with Crippen LogP contribution in [-0.2, 0) is 14.3 Å². The molecule has 5 nitrogen and oxygen atoms in total. The maximum atomic E-state index is 13.2. The number of hydrogen-bond donors (Lipinski definition) is 1. The van der Waals surface area contributed by atoms with Crippen LogP contribution < -0.4 is 0 Å². The van der Waals surface area contributed by atoms with Crippen molar-refractivity contribution in [3.63, 3.8) is 0 Å². The molecule has 1 heterocycles. The number of hydrogen-bond acceptors (Lipinski definition) is 4. The number of fused-ring (bicyclic) bond motifs is 1. The lowest BCUT2D eigenvalue weighted by Gasteiger charge is -2.43. The van der Waals surface area contributed by atoms with E-state index >= 15 is 0 Å². The van der Waals surface area contributed by atoms with Crippen molar-refractivity contribution in [1.82, 2.24) is 4.90 Å². The third-order valence-corrected chi connectivity index (χ3v) is 6.55. The SMILES string of the molecule is COC(=O)C1=CN(C2CCC(C(C)(C)C)CC2)C(=O)[C@@H]2C(CO)=CC[C@H]12. The molecule has 144 valence electrons. The van der Waals surface area contributed by atoms with Crippen molar-refractivity contribution >= 4 is 11.9 Å². The monoisotopic (exact) mass is 361 g/mol. The largest absolute Gasteiger partial charge is 0.466 e. The number of nitrogens with zero attached hydrogens (tertiary/aromatic N) is 1. The van der Waals surface area contributed by atoms with Crippen LogP contribution in [0.2, 0.25) is 0 Å². The molecule has 1 aliphatic heterocycles. The molecule has 3 rings (SSSR count). The van der Waals surface area contributed by atoms with E-state index in [0.29, 0.717) is 17.9 Å². The van der Waals surface area contributed by atoms with Gasteiger partial charge in [0.15, 0.2) is 0 Å². The molecular formula is C21H31NO4. The molecule has 1 amide bonds. The van der Waals surface area contributed by atoms with Gasteiger partial charge in [-0.3, -0.25) is 4.79 Å². The lowest BCUT2D eigenvalue weighted by molar-refractivity contribution is -0.140. The summed E-state index contributed by atoms with van der Waals surface area (Å²) in [6.45, 7) is 6.70. The third kappa shape index (κ3) is 3.34. The van der Waals surface area contributed by atoms with Crippen LogP contribution in [0.3, 0.4) is 0 Å². The van der Waals surface area contributed by atoms with Crippen LogP contribution in [0.15, 0.2) is 23.4 Å². The van der Waals surface area contributed by atoms with Gasteiger partial charge in [0.2, 0.25) is 5.91 Å². The Kier molecular flexibility index (Phi) is 5.29.